The number of carbonyl (C=O) groups is 1. The molecule has 26 heavy (non-hydrogen) atoms. The van der Waals surface area contributed by atoms with Crippen molar-refractivity contribution in [3.8, 4) is 0 Å². The van der Waals surface area contributed by atoms with E-state index in [1.54, 1.807) is 23.3 Å². The van der Waals surface area contributed by atoms with Gasteiger partial charge in [0.25, 0.3) is 5.56 Å². The fourth-order valence-corrected chi connectivity index (χ4v) is 4.87. The van der Waals surface area contributed by atoms with Crippen LogP contribution in [0, 0.1) is 5.92 Å². The summed E-state index contributed by atoms with van der Waals surface area (Å²) in [6.07, 6.45) is 4.55. The van der Waals surface area contributed by atoms with Crippen molar-refractivity contribution in [2.45, 2.75) is 32.7 Å². The normalized spacial score (nSPS) is 16.5. The Morgan fingerprint density at radius 2 is 2.12 bits per heavy atom. The van der Waals surface area contributed by atoms with Gasteiger partial charge >= 0.3 is 0 Å². The zero-order valence-electron chi connectivity index (χ0n) is 14.9. The molecule has 1 unspecified atom stereocenters. The number of amides is 1. The van der Waals surface area contributed by atoms with E-state index in [2.05, 4.69) is 11.9 Å². The number of anilines is 1. The highest BCUT2D eigenvalue weighted by molar-refractivity contribution is 7.18. The number of benzene rings is 1. The summed E-state index contributed by atoms with van der Waals surface area (Å²) >= 11 is 1.63. The van der Waals surface area contributed by atoms with Crippen molar-refractivity contribution in [1.29, 1.82) is 0 Å². The van der Waals surface area contributed by atoms with E-state index in [-0.39, 0.29) is 18.0 Å². The molecule has 0 saturated carbocycles. The van der Waals surface area contributed by atoms with Gasteiger partial charge in [0, 0.05) is 17.6 Å². The minimum atomic E-state index is -0.142. The van der Waals surface area contributed by atoms with Crippen LogP contribution in [0.1, 0.15) is 23.8 Å². The van der Waals surface area contributed by atoms with Gasteiger partial charge in [-0.3, -0.25) is 14.2 Å². The Hall–Kier alpha value is -2.47. The van der Waals surface area contributed by atoms with Crippen LogP contribution in [0.4, 0.5) is 5.69 Å². The molecular weight excluding hydrogens is 346 g/mol. The zero-order chi connectivity index (χ0) is 18.3. The van der Waals surface area contributed by atoms with Gasteiger partial charge < -0.3 is 4.90 Å². The number of aromatic nitrogens is 2. The van der Waals surface area contributed by atoms with Crippen molar-refractivity contribution in [3.05, 3.63) is 57.5 Å². The molecule has 0 saturated heterocycles. The number of nitrogens with zero attached hydrogens (tertiary/aromatic N) is 3. The fraction of sp³-hybridized carbons (Fsp3) is 0.350. The Bertz CT molecular complexity index is 1020. The van der Waals surface area contributed by atoms with Gasteiger partial charge in [-0.05, 0) is 42.9 Å². The van der Waals surface area contributed by atoms with Gasteiger partial charge in [0.2, 0.25) is 5.91 Å². The van der Waals surface area contributed by atoms with E-state index in [0.29, 0.717) is 5.92 Å². The largest absolute Gasteiger partial charge is 0.314 e. The van der Waals surface area contributed by atoms with Gasteiger partial charge in [0.05, 0.1) is 11.7 Å². The van der Waals surface area contributed by atoms with Crippen LogP contribution in [0.25, 0.3) is 10.2 Å². The molecule has 6 heteroatoms. The molecular formula is C20H21N3O2S. The van der Waals surface area contributed by atoms with E-state index in [1.807, 2.05) is 30.3 Å². The number of rotatable bonds is 3. The van der Waals surface area contributed by atoms with Crippen LogP contribution >= 0.6 is 11.3 Å². The molecule has 134 valence electrons. The van der Waals surface area contributed by atoms with E-state index < -0.39 is 0 Å². The highest BCUT2D eigenvalue weighted by Gasteiger charge is 2.23. The molecule has 0 spiro atoms. The van der Waals surface area contributed by atoms with Crippen molar-refractivity contribution in [1.82, 2.24) is 9.55 Å². The second kappa shape index (κ2) is 6.68. The summed E-state index contributed by atoms with van der Waals surface area (Å²) < 4.78 is 1.44. The number of likely N-dealkylation sites (N-methyl/N-ethyl adjacent to an activating group) is 1. The SMILES string of the molecule is CC1CCc2c(sc3ncn(CC(=O)N(C)c4ccccc4)c(=O)c23)C1. The highest BCUT2D eigenvalue weighted by Crippen LogP contribution is 2.35. The van der Waals surface area contributed by atoms with Gasteiger partial charge in [-0.1, -0.05) is 25.1 Å². The first-order valence-electron chi connectivity index (χ1n) is 8.86. The van der Waals surface area contributed by atoms with E-state index in [0.717, 1.165) is 40.7 Å². The van der Waals surface area contributed by atoms with E-state index >= 15 is 0 Å². The number of thiophene rings is 1. The van der Waals surface area contributed by atoms with Crippen LogP contribution in [0.15, 0.2) is 41.5 Å². The molecule has 1 aliphatic carbocycles. The molecule has 1 atom stereocenters. The zero-order valence-corrected chi connectivity index (χ0v) is 15.8. The van der Waals surface area contributed by atoms with Gasteiger partial charge in [-0.25, -0.2) is 4.98 Å². The van der Waals surface area contributed by atoms with Gasteiger partial charge in [-0.15, -0.1) is 11.3 Å². The Morgan fingerprint density at radius 1 is 1.35 bits per heavy atom. The molecule has 5 nitrogen and oxygen atoms in total. The summed E-state index contributed by atoms with van der Waals surface area (Å²) in [7, 11) is 1.72. The smallest absolute Gasteiger partial charge is 0.262 e. The first kappa shape index (κ1) is 17.0. The minimum Gasteiger partial charge on any atom is -0.314 e. The maximum atomic E-state index is 13.0. The average Bonchev–Trinajstić information content (AvgIpc) is 3.02. The third-order valence-corrected chi connectivity index (χ3v) is 6.27. The lowest BCUT2D eigenvalue weighted by Gasteiger charge is -2.18. The lowest BCUT2D eigenvalue weighted by Crippen LogP contribution is -2.34. The van der Waals surface area contributed by atoms with Crippen LogP contribution < -0.4 is 10.5 Å². The second-order valence-corrected chi connectivity index (χ2v) is 8.08. The third-order valence-electron chi connectivity index (χ3n) is 5.11. The van der Waals surface area contributed by atoms with Crippen LogP contribution in [0.5, 0.6) is 0 Å². The highest BCUT2D eigenvalue weighted by atomic mass is 32.1. The molecule has 2 heterocycles. The number of para-hydroxylation sites is 1. The van der Waals surface area contributed by atoms with Crippen molar-refractivity contribution >= 4 is 33.1 Å². The molecule has 0 fully saturated rings. The summed E-state index contributed by atoms with van der Waals surface area (Å²) in [6.45, 7) is 2.24. The molecule has 1 aromatic carbocycles. The Labute approximate surface area is 155 Å². The molecule has 2 aromatic heterocycles. The van der Waals surface area contributed by atoms with Crippen molar-refractivity contribution in [3.63, 3.8) is 0 Å². The van der Waals surface area contributed by atoms with Gasteiger partial charge in [0.1, 0.15) is 11.4 Å². The molecule has 0 bridgehead atoms. The molecule has 0 aliphatic heterocycles. The molecule has 3 aromatic rings. The quantitative estimate of drug-likeness (QED) is 0.714. The monoisotopic (exact) mass is 367 g/mol. The molecule has 1 aliphatic rings. The van der Waals surface area contributed by atoms with Crippen LogP contribution in [0.2, 0.25) is 0 Å². The van der Waals surface area contributed by atoms with E-state index in [1.165, 1.54) is 15.8 Å². The molecule has 1 amide bonds. The van der Waals surface area contributed by atoms with Gasteiger partial charge in [0.15, 0.2) is 0 Å². The Kier molecular flexibility index (Phi) is 4.36. The molecule has 0 radical (unpaired) electrons. The number of aryl methyl sites for hydroxylation is 1. The number of carbonyl (C=O) groups excluding carboxylic acids is 1. The van der Waals surface area contributed by atoms with Crippen molar-refractivity contribution in [2.75, 3.05) is 11.9 Å². The van der Waals surface area contributed by atoms with Crippen molar-refractivity contribution < 1.29 is 4.79 Å². The predicted octanol–water partition coefficient (Wildman–Crippen LogP) is 3.25. The third kappa shape index (κ3) is 2.94. The van der Waals surface area contributed by atoms with Gasteiger partial charge in [-0.2, -0.15) is 0 Å². The molecule has 4 rings (SSSR count). The maximum absolute atomic E-state index is 13.0. The van der Waals surface area contributed by atoms with Crippen molar-refractivity contribution in [2.24, 2.45) is 5.92 Å². The minimum absolute atomic E-state index is 0.00576. The summed E-state index contributed by atoms with van der Waals surface area (Å²) in [5.41, 5.74) is 1.86. The lowest BCUT2D eigenvalue weighted by molar-refractivity contribution is -0.118. The first-order valence-corrected chi connectivity index (χ1v) is 9.67. The van der Waals surface area contributed by atoms with Crippen LogP contribution in [-0.4, -0.2) is 22.5 Å². The summed E-state index contributed by atoms with van der Waals surface area (Å²) in [4.78, 5) is 33.7. The summed E-state index contributed by atoms with van der Waals surface area (Å²) in [5, 5.41) is 0.717. The Morgan fingerprint density at radius 3 is 2.88 bits per heavy atom. The topological polar surface area (TPSA) is 55.2 Å². The summed E-state index contributed by atoms with van der Waals surface area (Å²) in [6, 6.07) is 9.43. The van der Waals surface area contributed by atoms with E-state index in [4.69, 9.17) is 0 Å². The van der Waals surface area contributed by atoms with Crippen LogP contribution in [-0.2, 0) is 24.2 Å². The van der Waals surface area contributed by atoms with E-state index in [9.17, 15) is 9.59 Å². The second-order valence-electron chi connectivity index (χ2n) is 7.00. The lowest BCUT2D eigenvalue weighted by atomic mass is 9.89. The maximum Gasteiger partial charge on any atom is 0.262 e. The number of hydrogen-bond donors (Lipinski definition) is 0. The first-order chi connectivity index (χ1) is 12.5. The fourth-order valence-electron chi connectivity index (χ4n) is 3.53. The number of hydrogen-bond acceptors (Lipinski definition) is 4. The standard InChI is InChI=1S/C20H21N3O2S/c1-13-8-9-15-16(10-13)26-19-18(15)20(25)23(12-21-19)11-17(24)22(2)14-6-4-3-5-7-14/h3-7,12-13H,8-11H2,1-2H3. The number of fused-ring (bicyclic) bond motifs is 3. The summed E-state index contributed by atoms with van der Waals surface area (Å²) in [5.74, 6) is 0.510. The average molecular weight is 367 g/mol. The Balaban J connectivity index is 1.66. The van der Waals surface area contributed by atoms with Crippen LogP contribution in [0.3, 0.4) is 0 Å². The predicted molar refractivity (Wildman–Crippen MR) is 105 cm³/mol. The molecule has 0 N–H and O–H groups in total.